The second-order valence-corrected chi connectivity index (χ2v) is 13.1. The van der Waals surface area contributed by atoms with Gasteiger partial charge in [0.2, 0.25) is 0 Å². The lowest BCUT2D eigenvalue weighted by molar-refractivity contribution is -0.177. The normalized spacial score (nSPS) is 49.8. The van der Waals surface area contributed by atoms with E-state index in [4.69, 9.17) is 4.74 Å². The first-order valence-electron chi connectivity index (χ1n) is 12.9. The molecule has 0 aliphatic heterocycles. The summed E-state index contributed by atoms with van der Waals surface area (Å²) in [5.41, 5.74) is -0.392. The van der Waals surface area contributed by atoms with E-state index < -0.39 is 5.60 Å². The van der Waals surface area contributed by atoms with E-state index in [1.165, 1.54) is 44.9 Å². The number of nitrogens with one attached hydrogen (secondary N) is 1. The van der Waals surface area contributed by atoms with E-state index in [0.717, 1.165) is 49.9 Å². The number of carbonyl (C=O) groups excluding carboxylic acids is 2. The summed E-state index contributed by atoms with van der Waals surface area (Å²) in [5.74, 6) is 3.28. The Balaban J connectivity index is 1.01. The molecule has 2 N–H and O–H groups in total. The van der Waals surface area contributed by atoms with Gasteiger partial charge in [-0.15, -0.1) is 0 Å². The third kappa shape index (κ3) is 3.63. The van der Waals surface area contributed by atoms with Crippen molar-refractivity contribution in [3.63, 3.8) is 0 Å². The van der Waals surface area contributed by atoms with Gasteiger partial charge in [0.05, 0.1) is 12.0 Å². The molecule has 5 nitrogen and oxygen atoms in total. The van der Waals surface area contributed by atoms with Crippen molar-refractivity contribution in [3.05, 3.63) is 0 Å². The van der Waals surface area contributed by atoms with Gasteiger partial charge >= 0.3 is 5.97 Å². The number of esters is 1. The Morgan fingerprint density at radius 2 is 1.45 bits per heavy atom. The Kier molecular flexibility index (Phi) is 4.60. The van der Waals surface area contributed by atoms with Gasteiger partial charge in [0, 0.05) is 6.04 Å². The first kappa shape index (κ1) is 20.5. The van der Waals surface area contributed by atoms with Crippen LogP contribution in [0.25, 0.3) is 0 Å². The Morgan fingerprint density at radius 3 is 2.00 bits per heavy atom. The highest BCUT2D eigenvalue weighted by molar-refractivity contribution is 5.81. The molecular formula is C26H39NO4. The van der Waals surface area contributed by atoms with E-state index in [1.54, 1.807) is 0 Å². The predicted octanol–water partition coefficient (Wildman–Crippen LogP) is 3.97. The van der Waals surface area contributed by atoms with Gasteiger partial charge in [0.1, 0.15) is 0 Å². The van der Waals surface area contributed by atoms with Crippen molar-refractivity contribution < 1.29 is 19.4 Å². The molecule has 8 aliphatic rings. The maximum atomic E-state index is 12.7. The summed E-state index contributed by atoms with van der Waals surface area (Å²) < 4.78 is 5.46. The quantitative estimate of drug-likeness (QED) is 0.627. The zero-order valence-corrected chi connectivity index (χ0v) is 19.0. The second-order valence-electron chi connectivity index (χ2n) is 13.1. The molecule has 8 rings (SSSR count). The van der Waals surface area contributed by atoms with E-state index in [9.17, 15) is 14.7 Å². The first-order chi connectivity index (χ1) is 14.7. The summed E-state index contributed by atoms with van der Waals surface area (Å²) >= 11 is 0. The van der Waals surface area contributed by atoms with Crippen LogP contribution in [-0.4, -0.2) is 35.2 Å². The van der Waals surface area contributed by atoms with Crippen molar-refractivity contribution in [1.82, 2.24) is 5.32 Å². The fourth-order valence-corrected chi connectivity index (χ4v) is 10.3. The molecule has 0 aromatic rings. The molecule has 0 heterocycles. The Bertz CT molecular complexity index is 726. The smallest absolute Gasteiger partial charge is 0.306 e. The van der Waals surface area contributed by atoms with Crippen LogP contribution in [0.15, 0.2) is 0 Å². The van der Waals surface area contributed by atoms with Crippen LogP contribution in [-0.2, 0) is 14.3 Å². The average Bonchev–Trinajstić information content (AvgIpc) is 2.63. The van der Waals surface area contributed by atoms with Gasteiger partial charge in [-0.3, -0.25) is 9.59 Å². The van der Waals surface area contributed by atoms with Crippen molar-refractivity contribution in [1.29, 1.82) is 0 Å². The van der Waals surface area contributed by atoms with Crippen molar-refractivity contribution in [2.24, 2.45) is 40.4 Å². The van der Waals surface area contributed by atoms with Crippen LogP contribution in [0, 0.1) is 40.4 Å². The number of hydrogen-bond acceptors (Lipinski definition) is 4. The highest BCUT2D eigenvalue weighted by Gasteiger charge is 2.58. The van der Waals surface area contributed by atoms with Crippen LogP contribution >= 0.6 is 0 Å². The minimum atomic E-state index is -0.560. The van der Waals surface area contributed by atoms with E-state index in [-0.39, 0.29) is 35.4 Å². The van der Waals surface area contributed by atoms with Gasteiger partial charge in [-0.1, -0.05) is 0 Å². The summed E-state index contributed by atoms with van der Waals surface area (Å²) in [7, 11) is 0. The highest BCUT2D eigenvalue weighted by atomic mass is 16.5. The summed E-state index contributed by atoms with van der Waals surface area (Å²) in [6, 6.07) is 0.157. The maximum Gasteiger partial charge on any atom is 0.306 e. The SMILES string of the molecule is C[C@@H](NC(=O)COC(=O)CC12C[C@@H]3C[C@@H](CC(O)(C3)C1)C2)C12CC3CC(CC(C3)C1)C2. The molecule has 0 spiro atoms. The third-order valence-corrected chi connectivity index (χ3v) is 10.4. The van der Waals surface area contributed by atoms with Gasteiger partial charge < -0.3 is 15.2 Å². The van der Waals surface area contributed by atoms with Crippen LogP contribution < -0.4 is 5.32 Å². The van der Waals surface area contributed by atoms with Gasteiger partial charge in [-0.25, -0.2) is 0 Å². The zero-order valence-electron chi connectivity index (χ0n) is 19.0. The molecule has 8 aliphatic carbocycles. The summed E-state index contributed by atoms with van der Waals surface area (Å²) in [6.07, 6.45) is 14.2. The maximum absolute atomic E-state index is 12.7. The molecule has 2 unspecified atom stereocenters. The van der Waals surface area contributed by atoms with E-state index >= 15 is 0 Å². The molecular weight excluding hydrogens is 390 g/mol. The molecule has 0 aromatic carbocycles. The van der Waals surface area contributed by atoms with E-state index in [0.29, 0.717) is 18.3 Å². The Labute approximate surface area is 186 Å². The lowest BCUT2D eigenvalue weighted by Crippen LogP contribution is -2.56. The number of rotatable bonds is 6. The Morgan fingerprint density at radius 1 is 0.903 bits per heavy atom. The number of amides is 1. The van der Waals surface area contributed by atoms with Gasteiger partial charge in [0.25, 0.3) is 5.91 Å². The molecule has 0 aromatic heterocycles. The van der Waals surface area contributed by atoms with E-state index in [2.05, 4.69) is 12.2 Å². The van der Waals surface area contributed by atoms with Crippen molar-refractivity contribution in [3.8, 4) is 0 Å². The zero-order chi connectivity index (χ0) is 21.4. The molecule has 0 radical (unpaired) electrons. The monoisotopic (exact) mass is 429 g/mol. The molecule has 5 atom stereocenters. The molecule has 5 heteroatoms. The van der Waals surface area contributed by atoms with Crippen LogP contribution in [0.4, 0.5) is 0 Å². The van der Waals surface area contributed by atoms with Gasteiger partial charge in [-0.05, 0) is 124 Å². The number of hydrogen-bond donors (Lipinski definition) is 2. The van der Waals surface area contributed by atoms with Crippen molar-refractivity contribution in [2.75, 3.05) is 6.61 Å². The minimum absolute atomic E-state index is 0.0983. The van der Waals surface area contributed by atoms with Crippen LogP contribution in [0.5, 0.6) is 0 Å². The van der Waals surface area contributed by atoms with Gasteiger partial charge in [0.15, 0.2) is 6.61 Å². The molecule has 8 saturated carbocycles. The Hall–Kier alpha value is -1.10. The summed E-state index contributed by atoms with van der Waals surface area (Å²) in [6.45, 7) is 2.01. The molecule has 172 valence electrons. The average molecular weight is 430 g/mol. The lowest BCUT2D eigenvalue weighted by atomic mass is 9.47. The predicted molar refractivity (Wildman–Crippen MR) is 116 cm³/mol. The van der Waals surface area contributed by atoms with Crippen LogP contribution in [0.1, 0.15) is 90.4 Å². The largest absolute Gasteiger partial charge is 0.456 e. The number of aliphatic hydroxyl groups is 1. The molecule has 8 fully saturated rings. The lowest BCUT2D eigenvalue weighted by Gasteiger charge is -2.60. The fourth-order valence-electron chi connectivity index (χ4n) is 10.3. The summed E-state index contributed by atoms with van der Waals surface area (Å²) in [5, 5.41) is 14.1. The molecule has 0 saturated heterocycles. The first-order valence-corrected chi connectivity index (χ1v) is 12.9. The number of carbonyl (C=O) groups is 2. The van der Waals surface area contributed by atoms with E-state index in [1.807, 2.05) is 0 Å². The molecule has 1 amide bonds. The fraction of sp³-hybridized carbons (Fsp3) is 0.923. The van der Waals surface area contributed by atoms with Crippen LogP contribution in [0.2, 0.25) is 0 Å². The third-order valence-electron chi connectivity index (χ3n) is 10.4. The van der Waals surface area contributed by atoms with Crippen LogP contribution in [0.3, 0.4) is 0 Å². The van der Waals surface area contributed by atoms with Crippen molar-refractivity contribution >= 4 is 11.9 Å². The molecule has 31 heavy (non-hydrogen) atoms. The highest BCUT2D eigenvalue weighted by Crippen LogP contribution is 2.63. The standard InChI is InChI=1S/C26H39NO4/c1-16(25-8-17-2-18(9-25)4-19(3-17)10-25)27-22(28)14-31-23(29)13-24-6-20-5-21(7-24)12-26(30,11-20)15-24/h16-21,30H,2-15H2,1H3,(H,27,28)/t16-,17?,18?,19?,20-,21+,24?,25?,26?/m1/s1. The van der Waals surface area contributed by atoms with Gasteiger partial charge in [-0.2, -0.15) is 0 Å². The minimum Gasteiger partial charge on any atom is -0.456 e. The second kappa shape index (κ2) is 6.95. The topological polar surface area (TPSA) is 75.6 Å². The summed E-state index contributed by atoms with van der Waals surface area (Å²) in [4.78, 5) is 25.3. The van der Waals surface area contributed by atoms with Crippen molar-refractivity contribution in [2.45, 2.75) is 102 Å². The number of ether oxygens (including phenoxy) is 1. The molecule has 8 bridgehead atoms.